The number of urea groups is 1. The first-order valence-corrected chi connectivity index (χ1v) is 19.0. The highest BCUT2D eigenvalue weighted by atomic mass is 16.7. The molecule has 1 unspecified atom stereocenters. The Morgan fingerprint density at radius 1 is 0.565 bits per heavy atom. The number of amides is 3. The smallest absolute Gasteiger partial charge is 0.315 e. The van der Waals surface area contributed by atoms with Gasteiger partial charge in [0.15, 0.2) is 5.03 Å². The number of guanidine groups is 1. The molecule has 0 fully saturated rings. The third-order valence-corrected chi connectivity index (χ3v) is 8.44. The molecule has 0 aromatic carbocycles. The van der Waals surface area contributed by atoms with E-state index in [-0.39, 0.29) is 18.5 Å². The van der Waals surface area contributed by atoms with E-state index in [2.05, 4.69) is 35.1 Å². The van der Waals surface area contributed by atoms with Gasteiger partial charge in [-0.1, -0.05) is 161 Å². The fourth-order valence-corrected chi connectivity index (χ4v) is 5.60. The highest BCUT2D eigenvalue weighted by Gasteiger charge is 2.20. The van der Waals surface area contributed by atoms with Crippen LogP contribution in [0, 0.1) is 15.5 Å². The van der Waals surface area contributed by atoms with Crippen molar-refractivity contribution < 1.29 is 14.6 Å². The van der Waals surface area contributed by atoms with Gasteiger partial charge in [0.1, 0.15) is 6.04 Å². The van der Waals surface area contributed by atoms with Crippen molar-refractivity contribution >= 4 is 17.9 Å². The SMILES string of the molecule is CCCCCCCCCCCCCCCCNC(=O)NC(CCCNC(=N)N[N+](=O)[O-])C(=O)NCCCCCCCCCCCC. The summed E-state index contributed by atoms with van der Waals surface area (Å²) >= 11 is 0. The van der Waals surface area contributed by atoms with Crippen LogP contribution in [0.1, 0.15) is 181 Å². The van der Waals surface area contributed by atoms with Crippen molar-refractivity contribution in [2.24, 2.45) is 0 Å². The number of carbonyl (C=O) groups is 2. The van der Waals surface area contributed by atoms with Gasteiger partial charge in [0.2, 0.25) is 5.91 Å². The van der Waals surface area contributed by atoms with Crippen LogP contribution in [0.5, 0.6) is 0 Å². The van der Waals surface area contributed by atoms with Gasteiger partial charge in [-0.25, -0.2) is 14.9 Å². The molecule has 270 valence electrons. The van der Waals surface area contributed by atoms with E-state index >= 15 is 0 Å². The highest BCUT2D eigenvalue weighted by molar-refractivity contribution is 5.87. The van der Waals surface area contributed by atoms with Crippen LogP contribution in [-0.2, 0) is 4.79 Å². The fourth-order valence-electron chi connectivity index (χ4n) is 5.60. The number of hydrogen-bond donors (Lipinski definition) is 6. The van der Waals surface area contributed by atoms with Crippen molar-refractivity contribution in [1.82, 2.24) is 26.7 Å². The summed E-state index contributed by atoms with van der Waals surface area (Å²) < 4.78 is 0. The lowest BCUT2D eigenvalue weighted by Crippen LogP contribution is -2.50. The molecule has 46 heavy (non-hydrogen) atoms. The van der Waals surface area contributed by atoms with Crippen LogP contribution in [0.3, 0.4) is 0 Å². The minimum Gasteiger partial charge on any atom is -0.354 e. The van der Waals surface area contributed by atoms with Gasteiger partial charge in [0, 0.05) is 19.6 Å². The second-order valence-corrected chi connectivity index (χ2v) is 12.8. The van der Waals surface area contributed by atoms with Gasteiger partial charge >= 0.3 is 6.03 Å². The molecule has 0 aromatic rings. The van der Waals surface area contributed by atoms with Crippen molar-refractivity contribution in [3.05, 3.63) is 10.1 Å². The summed E-state index contributed by atoms with van der Waals surface area (Å²) in [6.07, 6.45) is 31.0. The second kappa shape index (κ2) is 33.8. The Labute approximate surface area is 281 Å². The summed E-state index contributed by atoms with van der Waals surface area (Å²) in [5.74, 6) is -0.633. The van der Waals surface area contributed by atoms with Crippen molar-refractivity contribution in [2.45, 2.75) is 187 Å². The monoisotopic (exact) mass is 654 g/mol. The molecule has 11 nitrogen and oxygen atoms in total. The first kappa shape index (κ1) is 43.4. The summed E-state index contributed by atoms with van der Waals surface area (Å²) in [7, 11) is 0. The molecule has 0 saturated carbocycles. The number of rotatable bonds is 33. The molecule has 0 spiro atoms. The molecule has 0 saturated heterocycles. The van der Waals surface area contributed by atoms with Crippen LogP contribution in [-0.4, -0.2) is 48.6 Å². The third kappa shape index (κ3) is 31.4. The molecule has 0 aliphatic carbocycles. The van der Waals surface area contributed by atoms with E-state index < -0.39 is 17.0 Å². The normalized spacial score (nSPS) is 11.5. The standard InChI is InChI=1S/C35H71N7O4/c1-3-5-7-9-11-13-15-16-17-18-20-22-24-26-30-39-35(44)40-32(28-27-31-38-34(36)41-42(45)46)33(43)37-29-25-23-21-19-14-12-10-8-6-4-2/h32H,3-31H2,1-2H3,(H,37,43)(H3,36,38,41)(H2,39,40,44). The molecule has 11 heteroatoms. The van der Waals surface area contributed by atoms with E-state index in [1.807, 2.05) is 0 Å². The van der Waals surface area contributed by atoms with Gasteiger partial charge in [0.05, 0.1) is 0 Å². The number of nitro groups is 1. The first-order chi connectivity index (χ1) is 22.4. The second-order valence-electron chi connectivity index (χ2n) is 12.8. The van der Waals surface area contributed by atoms with E-state index in [0.29, 0.717) is 25.9 Å². The minimum atomic E-state index is -0.802. The van der Waals surface area contributed by atoms with Gasteiger partial charge in [-0.3, -0.25) is 10.2 Å². The van der Waals surface area contributed by atoms with E-state index in [1.165, 1.54) is 128 Å². The lowest BCUT2D eigenvalue weighted by atomic mass is 10.0. The van der Waals surface area contributed by atoms with Crippen molar-refractivity contribution in [3.63, 3.8) is 0 Å². The third-order valence-electron chi connectivity index (χ3n) is 8.44. The molecule has 0 aliphatic heterocycles. The van der Waals surface area contributed by atoms with Crippen LogP contribution < -0.4 is 26.7 Å². The van der Waals surface area contributed by atoms with Gasteiger partial charge in [-0.2, -0.15) is 0 Å². The summed E-state index contributed by atoms with van der Waals surface area (Å²) in [6.45, 7) is 5.91. The Bertz CT molecular complexity index is 754. The Morgan fingerprint density at radius 2 is 0.935 bits per heavy atom. The van der Waals surface area contributed by atoms with Crippen LogP contribution in [0.2, 0.25) is 0 Å². The summed E-state index contributed by atoms with van der Waals surface area (Å²) in [5.41, 5.74) is 1.75. The maximum atomic E-state index is 12.9. The maximum absolute atomic E-state index is 12.9. The maximum Gasteiger partial charge on any atom is 0.315 e. The van der Waals surface area contributed by atoms with Gasteiger partial charge in [-0.15, -0.1) is 0 Å². The highest BCUT2D eigenvalue weighted by Crippen LogP contribution is 2.13. The lowest BCUT2D eigenvalue weighted by Gasteiger charge is -2.19. The largest absolute Gasteiger partial charge is 0.354 e. The van der Waals surface area contributed by atoms with Gasteiger partial charge in [0.25, 0.3) is 5.96 Å². The number of hydrazine groups is 1. The molecule has 0 heterocycles. The molecule has 6 N–H and O–H groups in total. The number of hydrogen-bond acceptors (Lipinski definition) is 5. The average molecular weight is 654 g/mol. The van der Waals surface area contributed by atoms with E-state index in [9.17, 15) is 19.7 Å². The lowest BCUT2D eigenvalue weighted by molar-refractivity contribution is -0.525. The van der Waals surface area contributed by atoms with Crippen molar-refractivity contribution in [3.8, 4) is 0 Å². The average Bonchev–Trinajstić information content (AvgIpc) is 3.02. The number of nitrogens with zero attached hydrogens (tertiary/aromatic N) is 1. The van der Waals surface area contributed by atoms with Crippen molar-refractivity contribution in [1.29, 1.82) is 5.41 Å². The predicted octanol–water partition coefficient (Wildman–Crippen LogP) is 8.26. The Kier molecular flexibility index (Phi) is 31.9. The number of carbonyl (C=O) groups excluding carboxylic acids is 2. The van der Waals surface area contributed by atoms with E-state index in [0.717, 1.165) is 25.7 Å². The van der Waals surface area contributed by atoms with Gasteiger partial charge in [-0.05, 0) is 25.7 Å². The van der Waals surface area contributed by atoms with E-state index in [1.54, 1.807) is 5.43 Å². The molecular weight excluding hydrogens is 582 g/mol. The molecular formula is C35H71N7O4. The molecule has 1 atom stereocenters. The van der Waals surface area contributed by atoms with Crippen molar-refractivity contribution in [2.75, 3.05) is 19.6 Å². The zero-order valence-electron chi connectivity index (χ0n) is 29.7. The number of unbranched alkanes of at least 4 members (excludes halogenated alkanes) is 22. The molecule has 0 aromatic heterocycles. The first-order valence-electron chi connectivity index (χ1n) is 19.0. The Hall–Kier alpha value is -2.59. The molecule has 0 bridgehead atoms. The fraction of sp³-hybridized carbons (Fsp3) is 0.914. The number of nitrogens with one attached hydrogen (secondary N) is 6. The van der Waals surface area contributed by atoms with Crippen LogP contribution >= 0.6 is 0 Å². The topological polar surface area (TPSA) is 161 Å². The molecule has 0 radical (unpaired) electrons. The predicted molar refractivity (Wildman–Crippen MR) is 191 cm³/mol. The zero-order valence-corrected chi connectivity index (χ0v) is 29.7. The van der Waals surface area contributed by atoms with Crippen LogP contribution in [0.15, 0.2) is 0 Å². The van der Waals surface area contributed by atoms with E-state index in [4.69, 9.17) is 5.41 Å². The zero-order chi connectivity index (χ0) is 33.9. The summed E-state index contributed by atoms with van der Waals surface area (Å²) in [5, 5.41) is 28.4. The van der Waals surface area contributed by atoms with Crippen LogP contribution in [0.4, 0.5) is 4.79 Å². The molecule has 0 aliphatic rings. The minimum absolute atomic E-state index is 0.221. The van der Waals surface area contributed by atoms with Gasteiger partial charge < -0.3 is 21.3 Å². The van der Waals surface area contributed by atoms with Crippen LogP contribution in [0.25, 0.3) is 0 Å². The summed E-state index contributed by atoms with van der Waals surface area (Å²) in [6, 6.07) is -1.07. The summed E-state index contributed by atoms with van der Waals surface area (Å²) in [4.78, 5) is 35.9. The molecule has 3 amide bonds. The quantitative estimate of drug-likeness (QED) is 0.0137. The molecule has 0 rings (SSSR count). The Morgan fingerprint density at radius 3 is 1.35 bits per heavy atom. The Balaban J connectivity index is 4.18.